The number of carbonyl (C=O) groups excluding carboxylic acids is 1. The van der Waals surface area contributed by atoms with E-state index in [1.54, 1.807) is 0 Å². The Morgan fingerprint density at radius 3 is 2.42 bits per heavy atom. The van der Waals surface area contributed by atoms with E-state index in [9.17, 15) is 4.79 Å². The molecule has 0 unspecified atom stereocenters. The van der Waals surface area contributed by atoms with Gasteiger partial charge in [-0.1, -0.05) is 62.2 Å². The number of hydrogen-bond acceptors (Lipinski definition) is 1. The summed E-state index contributed by atoms with van der Waals surface area (Å²) in [6.07, 6.45) is 5.85. The lowest BCUT2D eigenvalue weighted by atomic mass is 9.83. The summed E-state index contributed by atoms with van der Waals surface area (Å²) in [7, 11) is 0. The fraction of sp³-hybridized carbons (Fsp3) is 0.409. The molecule has 1 amide bonds. The summed E-state index contributed by atoms with van der Waals surface area (Å²) in [5.41, 5.74) is 3.59. The van der Waals surface area contributed by atoms with E-state index in [2.05, 4.69) is 36.1 Å². The van der Waals surface area contributed by atoms with E-state index in [0.29, 0.717) is 5.92 Å². The first kappa shape index (κ1) is 15.4. The summed E-state index contributed by atoms with van der Waals surface area (Å²) < 4.78 is 0. The van der Waals surface area contributed by atoms with Gasteiger partial charge in [-0.25, -0.2) is 0 Å². The van der Waals surface area contributed by atoms with Crippen molar-refractivity contribution in [3.8, 4) is 0 Å². The zero-order valence-electron chi connectivity index (χ0n) is 14.4. The molecule has 1 aliphatic carbocycles. The maximum Gasteiger partial charge on any atom is 0.254 e. The summed E-state index contributed by atoms with van der Waals surface area (Å²) in [4.78, 5) is 15.6. The van der Waals surface area contributed by atoms with Gasteiger partial charge in [0.15, 0.2) is 0 Å². The molecule has 2 aromatic rings. The topological polar surface area (TPSA) is 20.3 Å². The van der Waals surface area contributed by atoms with Crippen molar-refractivity contribution in [2.24, 2.45) is 0 Å². The molecule has 1 fully saturated rings. The number of amides is 1. The maximum absolute atomic E-state index is 13.4. The molecule has 2 aromatic carbocycles. The lowest BCUT2D eigenvalue weighted by molar-refractivity contribution is 0.0425. The summed E-state index contributed by atoms with van der Waals surface area (Å²) in [6, 6.07) is 18.5. The highest BCUT2D eigenvalue weighted by molar-refractivity contribution is 5.94. The number of rotatable bonds is 1. The molecule has 2 heteroatoms. The third-order valence-corrected chi connectivity index (χ3v) is 5.97. The molecule has 2 nitrogen and oxygen atoms in total. The first-order valence-corrected chi connectivity index (χ1v) is 9.14. The zero-order valence-corrected chi connectivity index (χ0v) is 14.4. The minimum atomic E-state index is 0.0331. The fourth-order valence-electron chi connectivity index (χ4n) is 4.82. The van der Waals surface area contributed by atoms with Crippen molar-refractivity contribution >= 4 is 5.91 Å². The number of hydrogen-bond donors (Lipinski definition) is 0. The van der Waals surface area contributed by atoms with E-state index in [0.717, 1.165) is 31.4 Å². The van der Waals surface area contributed by atoms with Crippen LogP contribution in [0.4, 0.5) is 0 Å². The van der Waals surface area contributed by atoms with Gasteiger partial charge in [0.2, 0.25) is 0 Å². The molecule has 0 radical (unpaired) electrons. The quantitative estimate of drug-likeness (QED) is 0.712. The van der Waals surface area contributed by atoms with E-state index in [4.69, 9.17) is 0 Å². The second-order valence-electron chi connectivity index (χ2n) is 7.49. The van der Waals surface area contributed by atoms with Crippen LogP contribution in [0.1, 0.15) is 66.4 Å². The van der Waals surface area contributed by atoms with Gasteiger partial charge >= 0.3 is 0 Å². The molecule has 1 atom stereocenters. The number of fused-ring (bicyclic) bond motifs is 1. The van der Waals surface area contributed by atoms with Crippen LogP contribution in [0.15, 0.2) is 54.6 Å². The Kier molecular flexibility index (Phi) is 3.91. The molecular weight excluding hydrogens is 294 g/mol. The van der Waals surface area contributed by atoms with Crippen LogP contribution in [0.5, 0.6) is 0 Å². The van der Waals surface area contributed by atoms with Crippen molar-refractivity contribution in [2.45, 2.75) is 57.0 Å². The summed E-state index contributed by atoms with van der Waals surface area (Å²) >= 11 is 0. The molecule has 124 valence electrons. The van der Waals surface area contributed by atoms with Crippen LogP contribution < -0.4 is 0 Å². The minimum absolute atomic E-state index is 0.0331. The lowest BCUT2D eigenvalue weighted by Gasteiger charge is -2.41. The number of nitrogens with zero attached hydrogens (tertiary/aromatic N) is 1. The minimum Gasteiger partial charge on any atom is -0.329 e. The maximum atomic E-state index is 13.4. The van der Waals surface area contributed by atoms with Crippen LogP contribution in [-0.2, 0) is 6.54 Å². The highest BCUT2D eigenvalue weighted by Gasteiger charge is 2.45. The van der Waals surface area contributed by atoms with Gasteiger partial charge in [-0.05, 0) is 48.4 Å². The molecule has 1 heterocycles. The molecule has 24 heavy (non-hydrogen) atoms. The monoisotopic (exact) mass is 319 g/mol. The van der Waals surface area contributed by atoms with E-state index < -0.39 is 0 Å². The van der Waals surface area contributed by atoms with E-state index in [1.807, 2.05) is 30.3 Å². The average molecular weight is 319 g/mol. The third kappa shape index (κ3) is 2.54. The first-order chi connectivity index (χ1) is 11.7. The van der Waals surface area contributed by atoms with Crippen molar-refractivity contribution in [1.29, 1.82) is 0 Å². The molecule has 1 spiro atoms. The highest BCUT2D eigenvalue weighted by Crippen LogP contribution is 2.46. The SMILES string of the molecule is C[C@H]1CC2(CCCC2)N(C(=O)c2ccccc2)Cc2ccccc21. The van der Waals surface area contributed by atoms with Crippen LogP contribution in [0.3, 0.4) is 0 Å². The van der Waals surface area contributed by atoms with Crippen molar-refractivity contribution in [2.75, 3.05) is 0 Å². The Balaban J connectivity index is 1.78. The van der Waals surface area contributed by atoms with Crippen molar-refractivity contribution in [3.05, 3.63) is 71.3 Å². The first-order valence-electron chi connectivity index (χ1n) is 9.14. The predicted octanol–water partition coefficient (Wildman–Crippen LogP) is 5.15. The van der Waals surface area contributed by atoms with Gasteiger partial charge in [0.25, 0.3) is 5.91 Å². The second kappa shape index (κ2) is 6.08. The molecule has 2 aliphatic rings. The van der Waals surface area contributed by atoms with Gasteiger partial charge in [-0.15, -0.1) is 0 Å². The van der Waals surface area contributed by atoms with Crippen molar-refractivity contribution in [3.63, 3.8) is 0 Å². The smallest absolute Gasteiger partial charge is 0.254 e. The van der Waals surface area contributed by atoms with Gasteiger partial charge in [0, 0.05) is 17.6 Å². The van der Waals surface area contributed by atoms with Gasteiger partial charge in [0.1, 0.15) is 0 Å². The molecule has 1 saturated carbocycles. The molecule has 0 saturated heterocycles. The summed E-state index contributed by atoms with van der Waals surface area (Å²) in [5.74, 6) is 0.703. The molecule has 0 bridgehead atoms. The summed E-state index contributed by atoms with van der Waals surface area (Å²) in [6.45, 7) is 3.07. The van der Waals surface area contributed by atoms with Gasteiger partial charge in [0.05, 0.1) is 0 Å². The zero-order chi connectivity index (χ0) is 16.6. The van der Waals surface area contributed by atoms with Gasteiger partial charge in [-0.3, -0.25) is 4.79 Å². The Morgan fingerprint density at radius 2 is 1.67 bits per heavy atom. The normalized spacial score (nSPS) is 22.2. The van der Waals surface area contributed by atoms with Crippen LogP contribution in [0.25, 0.3) is 0 Å². The number of benzene rings is 2. The van der Waals surface area contributed by atoms with Gasteiger partial charge in [-0.2, -0.15) is 0 Å². The Hall–Kier alpha value is -2.09. The van der Waals surface area contributed by atoms with Crippen molar-refractivity contribution < 1.29 is 4.79 Å². The average Bonchev–Trinajstić information content (AvgIpc) is 3.04. The number of carbonyl (C=O) groups is 1. The molecule has 1 aliphatic heterocycles. The Bertz CT molecular complexity index is 731. The molecule has 0 N–H and O–H groups in total. The van der Waals surface area contributed by atoms with Crippen LogP contribution >= 0.6 is 0 Å². The van der Waals surface area contributed by atoms with Crippen molar-refractivity contribution in [1.82, 2.24) is 4.90 Å². The van der Waals surface area contributed by atoms with Crippen LogP contribution in [0, 0.1) is 0 Å². The Morgan fingerprint density at radius 1 is 1.00 bits per heavy atom. The third-order valence-electron chi connectivity index (χ3n) is 5.97. The van der Waals surface area contributed by atoms with Crippen LogP contribution in [0.2, 0.25) is 0 Å². The fourth-order valence-corrected chi connectivity index (χ4v) is 4.82. The predicted molar refractivity (Wildman–Crippen MR) is 97.0 cm³/mol. The molecular formula is C22H25NO. The Labute approximate surface area is 144 Å². The molecule has 0 aromatic heterocycles. The van der Waals surface area contributed by atoms with E-state index in [1.165, 1.54) is 24.0 Å². The standard InChI is InChI=1S/C22H25NO/c1-17-15-22(13-7-8-14-22)23(16-19-11-5-6-12-20(17)19)21(24)18-9-3-2-4-10-18/h2-6,9-12,17H,7-8,13-16H2,1H3/t17-/m0/s1. The summed E-state index contributed by atoms with van der Waals surface area (Å²) in [5, 5.41) is 0. The van der Waals surface area contributed by atoms with E-state index >= 15 is 0 Å². The van der Waals surface area contributed by atoms with Gasteiger partial charge < -0.3 is 4.90 Å². The lowest BCUT2D eigenvalue weighted by Crippen LogP contribution is -2.49. The largest absolute Gasteiger partial charge is 0.329 e. The van der Waals surface area contributed by atoms with Crippen LogP contribution in [-0.4, -0.2) is 16.3 Å². The van der Waals surface area contributed by atoms with E-state index in [-0.39, 0.29) is 11.4 Å². The second-order valence-corrected chi connectivity index (χ2v) is 7.49. The highest BCUT2D eigenvalue weighted by atomic mass is 16.2. The molecule has 4 rings (SSSR count).